The van der Waals surface area contributed by atoms with Crippen molar-refractivity contribution >= 4 is 11.8 Å². The zero-order valence-corrected chi connectivity index (χ0v) is 11.7. The van der Waals surface area contributed by atoms with Crippen molar-refractivity contribution in [3.8, 4) is 0 Å². The Bertz CT molecular complexity index is 408. The van der Waals surface area contributed by atoms with Crippen molar-refractivity contribution in [1.29, 1.82) is 0 Å². The lowest BCUT2D eigenvalue weighted by atomic mass is 10.1. The average molecular weight is 286 g/mol. The number of halogens is 2. The summed E-state index contributed by atoms with van der Waals surface area (Å²) in [5.74, 6) is 4.79. The zero-order valence-electron chi connectivity index (χ0n) is 10.9. The molecule has 1 atom stereocenters. The standard InChI is InChI=1S/C14H20F2N2S/c15-13-7-3-4-10(14(13)16)8-11(18-17)9-19-12-5-1-2-6-12/h3-4,7,11-12,18H,1-2,5-6,8-9,17H2. The van der Waals surface area contributed by atoms with Crippen molar-refractivity contribution in [3.63, 3.8) is 0 Å². The molecule has 5 heteroatoms. The van der Waals surface area contributed by atoms with E-state index in [-0.39, 0.29) is 6.04 Å². The van der Waals surface area contributed by atoms with Gasteiger partial charge >= 0.3 is 0 Å². The van der Waals surface area contributed by atoms with Gasteiger partial charge < -0.3 is 0 Å². The number of nitrogens with two attached hydrogens (primary N) is 1. The predicted octanol–water partition coefficient (Wildman–Crippen LogP) is 3.02. The van der Waals surface area contributed by atoms with Crippen LogP contribution in [0.15, 0.2) is 18.2 Å². The average Bonchev–Trinajstić information content (AvgIpc) is 2.92. The largest absolute Gasteiger partial charge is 0.271 e. The Balaban J connectivity index is 1.88. The van der Waals surface area contributed by atoms with Crippen molar-refractivity contribution in [3.05, 3.63) is 35.4 Å². The summed E-state index contributed by atoms with van der Waals surface area (Å²) in [5.41, 5.74) is 3.10. The van der Waals surface area contributed by atoms with E-state index < -0.39 is 11.6 Å². The Kier molecular flexibility index (Phi) is 5.60. The maximum Gasteiger partial charge on any atom is 0.162 e. The van der Waals surface area contributed by atoms with E-state index in [4.69, 9.17) is 5.84 Å². The second kappa shape index (κ2) is 7.22. The molecule has 1 saturated carbocycles. The molecule has 0 radical (unpaired) electrons. The summed E-state index contributed by atoms with van der Waals surface area (Å²) in [6.45, 7) is 0. The minimum absolute atomic E-state index is 0.0260. The molecule has 1 aromatic carbocycles. The molecule has 1 aromatic rings. The number of hydrogen-bond donors (Lipinski definition) is 2. The minimum atomic E-state index is -0.795. The first-order valence-corrected chi connectivity index (χ1v) is 7.76. The Hall–Kier alpha value is -0.650. The molecule has 1 unspecified atom stereocenters. The highest BCUT2D eigenvalue weighted by molar-refractivity contribution is 7.99. The van der Waals surface area contributed by atoms with Gasteiger partial charge in [0, 0.05) is 17.0 Å². The van der Waals surface area contributed by atoms with Crippen LogP contribution < -0.4 is 11.3 Å². The molecule has 0 spiro atoms. The lowest BCUT2D eigenvalue weighted by Crippen LogP contribution is -2.39. The highest BCUT2D eigenvalue weighted by atomic mass is 32.2. The van der Waals surface area contributed by atoms with Gasteiger partial charge in [-0.1, -0.05) is 25.0 Å². The number of thioether (sulfide) groups is 1. The van der Waals surface area contributed by atoms with Crippen LogP contribution in [0.2, 0.25) is 0 Å². The fraction of sp³-hybridized carbons (Fsp3) is 0.571. The van der Waals surface area contributed by atoms with E-state index in [0.717, 1.165) is 11.8 Å². The third-order valence-electron chi connectivity index (χ3n) is 3.57. The number of nitrogens with one attached hydrogen (secondary N) is 1. The molecule has 19 heavy (non-hydrogen) atoms. The van der Waals surface area contributed by atoms with Crippen molar-refractivity contribution in [1.82, 2.24) is 5.43 Å². The van der Waals surface area contributed by atoms with Crippen molar-refractivity contribution in [2.75, 3.05) is 5.75 Å². The molecule has 3 N–H and O–H groups in total. The van der Waals surface area contributed by atoms with Gasteiger partial charge in [-0.2, -0.15) is 11.8 Å². The van der Waals surface area contributed by atoms with Crippen LogP contribution in [0.4, 0.5) is 8.78 Å². The molecular formula is C14H20F2N2S. The number of hydrazine groups is 1. The Morgan fingerprint density at radius 2 is 2.05 bits per heavy atom. The van der Waals surface area contributed by atoms with Gasteiger partial charge in [0.1, 0.15) is 0 Å². The normalized spacial score (nSPS) is 17.8. The van der Waals surface area contributed by atoms with E-state index in [2.05, 4.69) is 5.43 Å². The number of benzene rings is 1. The molecule has 1 aliphatic rings. The number of rotatable bonds is 6. The van der Waals surface area contributed by atoms with Crippen LogP contribution >= 0.6 is 11.8 Å². The van der Waals surface area contributed by atoms with Crippen LogP contribution in [0, 0.1) is 11.6 Å². The van der Waals surface area contributed by atoms with Gasteiger partial charge in [0.25, 0.3) is 0 Å². The number of hydrogen-bond acceptors (Lipinski definition) is 3. The maximum atomic E-state index is 13.6. The maximum absolute atomic E-state index is 13.6. The van der Waals surface area contributed by atoms with Gasteiger partial charge in [-0.25, -0.2) is 8.78 Å². The van der Waals surface area contributed by atoms with Crippen LogP contribution in [0.5, 0.6) is 0 Å². The van der Waals surface area contributed by atoms with Crippen LogP contribution in [-0.2, 0) is 6.42 Å². The Labute approximate surface area is 117 Å². The minimum Gasteiger partial charge on any atom is -0.271 e. The first-order chi connectivity index (χ1) is 9.20. The second-order valence-electron chi connectivity index (χ2n) is 5.02. The van der Waals surface area contributed by atoms with Gasteiger partial charge in [-0.15, -0.1) is 0 Å². The van der Waals surface area contributed by atoms with E-state index >= 15 is 0 Å². The van der Waals surface area contributed by atoms with Gasteiger partial charge in [-0.3, -0.25) is 11.3 Å². The second-order valence-corrected chi connectivity index (χ2v) is 6.35. The third-order valence-corrected chi connectivity index (χ3v) is 5.11. The summed E-state index contributed by atoms with van der Waals surface area (Å²) >= 11 is 1.89. The SMILES string of the molecule is NNC(CSC1CCCC1)Cc1cccc(F)c1F. The molecule has 2 nitrogen and oxygen atoms in total. The lowest BCUT2D eigenvalue weighted by Gasteiger charge is -2.18. The molecule has 0 amide bonds. The van der Waals surface area contributed by atoms with Gasteiger partial charge in [0.2, 0.25) is 0 Å². The van der Waals surface area contributed by atoms with Crippen molar-refractivity contribution in [2.45, 2.75) is 43.4 Å². The highest BCUT2D eigenvalue weighted by Crippen LogP contribution is 2.30. The zero-order chi connectivity index (χ0) is 13.7. The predicted molar refractivity (Wildman–Crippen MR) is 75.9 cm³/mol. The molecule has 106 valence electrons. The summed E-state index contributed by atoms with van der Waals surface area (Å²) in [4.78, 5) is 0. The smallest absolute Gasteiger partial charge is 0.162 e. The monoisotopic (exact) mass is 286 g/mol. The van der Waals surface area contributed by atoms with E-state index in [1.165, 1.54) is 31.7 Å². The molecule has 0 bridgehead atoms. The highest BCUT2D eigenvalue weighted by Gasteiger charge is 2.19. The van der Waals surface area contributed by atoms with Crippen LogP contribution in [0.1, 0.15) is 31.2 Å². The van der Waals surface area contributed by atoms with Crippen LogP contribution in [-0.4, -0.2) is 17.0 Å². The molecular weight excluding hydrogens is 266 g/mol. The van der Waals surface area contributed by atoms with Crippen molar-refractivity contribution < 1.29 is 8.78 Å². The topological polar surface area (TPSA) is 38.0 Å². The molecule has 1 fully saturated rings. The summed E-state index contributed by atoms with van der Waals surface area (Å²) < 4.78 is 26.7. The van der Waals surface area contributed by atoms with Crippen LogP contribution in [0.3, 0.4) is 0 Å². The summed E-state index contributed by atoms with van der Waals surface area (Å²) in [6.07, 6.45) is 5.54. The van der Waals surface area contributed by atoms with Crippen molar-refractivity contribution in [2.24, 2.45) is 5.84 Å². The summed E-state index contributed by atoms with van der Waals surface area (Å²) in [6, 6.07) is 4.26. The molecule has 0 saturated heterocycles. The molecule has 0 aromatic heterocycles. The molecule has 1 aliphatic carbocycles. The molecule has 0 heterocycles. The van der Waals surface area contributed by atoms with E-state index in [1.54, 1.807) is 6.07 Å². The Morgan fingerprint density at radius 1 is 1.32 bits per heavy atom. The first-order valence-electron chi connectivity index (χ1n) is 6.71. The molecule has 0 aliphatic heterocycles. The Morgan fingerprint density at radius 3 is 2.74 bits per heavy atom. The lowest BCUT2D eigenvalue weighted by molar-refractivity contribution is 0.486. The van der Waals surface area contributed by atoms with Gasteiger partial charge in [-0.05, 0) is 30.9 Å². The van der Waals surface area contributed by atoms with E-state index in [9.17, 15) is 8.78 Å². The quantitative estimate of drug-likeness (QED) is 0.623. The first kappa shape index (κ1) is 14.8. The summed E-state index contributed by atoms with van der Waals surface area (Å²) in [5, 5.41) is 0.702. The fourth-order valence-corrected chi connectivity index (χ4v) is 3.83. The fourth-order valence-electron chi connectivity index (χ4n) is 2.44. The molecule has 2 rings (SSSR count). The summed E-state index contributed by atoms with van der Waals surface area (Å²) in [7, 11) is 0. The third kappa shape index (κ3) is 4.16. The van der Waals surface area contributed by atoms with E-state index in [0.29, 0.717) is 17.2 Å². The van der Waals surface area contributed by atoms with Crippen LogP contribution in [0.25, 0.3) is 0 Å². The van der Waals surface area contributed by atoms with E-state index in [1.807, 2.05) is 11.8 Å². The van der Waals surface area contributed by atoms with Gasteiger partial charge in [0.05, 0.1) is 0 Å². The van der Waals surface area contributed by atoms with Gasteiger partial charge in [0.15, 0.2) is 11.6 Å².